The fourth-order valence-corrected chi connectivity index (χ4v) is 1.45. The van der Waals surface area contributed by atoms with Crippen molar-refractivity contribution in [3.05, 3.63) is 0 Å². The first-order chi connectivity index (χ1) is 6.06. The van der Waals surface area contributed by atoms with E-state index in [1.54, 1.807) is 0 Å². The minimum atomic E-state index is -0.824. The van der Waals surface area contributed by atoms with Gasteiger partial charge in [0.1, 0.15) is 0 Å². The molecule has 0 aromatic heterocycles. The van der Waals surface area contributed by atoms with Crippen LogP contribution in [0, 0.1) is 0 Å². The van der Waals surface area contributed by atoms with Gasteiger partial charge in [-0.15, -0.1) is 0 Å². The summed E-state index contributed by atoms with van der Waals surface area (Å²) in [5.74, 6) is -0.824. The molecule has 0 amide bonds. The van der Waals surface area contributed by atoms with E-state index in [4.69, 9.17) is 14.2 Å². The summed E-state index contributed by atoms with van der Waals surface area (Å²) in [5.41, 5.74) is 0. The average Bonchev–Trinajstić information content (AvgIpc) is 2.31. The highest BCUT2D eigenvalue weighted by atomic mass is 16.9. The molecule has 2 atom stereocenters. The molecule has 78 valence electrons. The van der Waals surface area contributed by atoms with E-state index in [2.05, 4.69) is 4.90 Å². The lowest BCUT2D eigenvalue weighted by Gasteiger charge is -2.23. The summed E-state index contributed by atoms with van der Waals surface area (Å²) in [6.45, 7) is 5.81. The monoisotopic (exact) mass is 189 g/mol. The van der Waals surface area contributed by atoms with E-state index in [9.17, 15) is 0 Å². The third-order valence-corrected chi connectivity index (χ3v) is 1.89. The average molecular weight is 189 g/mol. The SMILES string of the molecule is CCOC1(C)OCC(CN(C)C)O1. The molecule has 1 saturated heterocycles. The van der Waals surface area contributed by atoms with Crippen molar-refractivity contribution in [3.8, 4) is 0 Å². The smallest absolute Gasteiger partial charge is 0.280 e. The normalized spacial score (nSPS) is 34.4. The van der Waals surface area contributed by atoms with Crippen LogP contribution in [-0.2, 0) is 14.2 Å². The van der Waals surface area contributed by atoms with Crippen LogP contribution in [0.5, 0.6) is 0 Å². The molecule has 1 rings (SSSR count). The highest BCUT2D eigenvalue weighted by Gasteiger charge is 2.38. The minimum absolute atomic E-state index is 0.117. The van der Waals surface area contributed by atoms with Crippen molar-refractivity contribution in [1.82, 2.24) is 4.90 Å². The Labute approximate surface area is 79.8 Å². The van der Waals surface area contributed by atoms with Gasteiger partial charge in [-0.25, -0.2) is 0 Å². The van der Waals surface area contributed by atoms with Crippen molar-refractivity contribution in [2.45, 2.75) is 25.9 Å². The molecular formula is C9H19NO3. The van der Waals surface area contributed by atoms with E-state index in [1.807, 2.05) is 27.9 Å². The Hall–Kier alpha value is -0.160. The third-order valence-electron chi connectivity index (χ3n) is 1.89. The van der Waals surface area contributed by atoms with Crippen LogP contribution in [0.15, 0.2) is 0 Å². The molecule has 0 radical (unpaired) electrons. The van der Waals surface area contributed by atoms with Crippen LogP contribution in [0.25, 0.3) is 0 Å². The number of likely N-dealkylation sites (N-methyl/N-ethyl adjacent to an activating group) is 1. The van der Waals surface area contributed by atoms with Gasteiger partial charge in [-0.3, -0.25) is 0 Å². The number of rotatable bonds is 4. The largest absolute Gasteiger partial charge is 0.328 e. The Morgan fingerprint density at radius 2 is 2.23 bits per heavy atom. The van der Waals surface area contributed by atoms with Crippen LogP contribution in [0.1, 0.15) is 13.8 Å². The van der Waals surface area contributed by atoms with E-state index in [0.29, 0.717) is 13.2 Å². The van der Waals surface area contributed by atoms with Crippen LogP contribution in [0.2, 0.25) is 0 Å². The molecule has 13 heavy (non-hydrogen) atoms. The molecule has 2 unspecified atom stereocenters. The Morgan fingerprint density at radius 1 is 1.54 bits per heavy atom. The van der Waals surface area contributed by atoms with Gasteiger partial charge < -0.3 is 19.1 Å². The zero-order chi connectivity index (χ0) is 9.90. The highest BCUT2D eigenvalue weighted by molar-refractivity contribution is 4.70. The Kier molecular flexibility index (Phi) is 3.67. The standard InChI is InChI=1S/C9H19NO3/c1-5-11-9(2)12-7-8(13-9)6-10(3)4/h8H,5-7H2,1-4H3. The molecule has 1 heterocycles. The first-order valence-corrected chi connectivity index (χ1v) is 4.66. The maximum Gasteiger partial charge on any atom is 0.280 e. The molecule has 0 aliphatic carbocycles. The summed E-state index contributed by atoms with van der Waals surface area (Å²) in [7, 11) is 4.03. The van der Waals surface area contributed by atoms with Crippen molar-refractivity contribution in [1.29, 1.82) is 0 Å². The molecule has 0 aromatic rings. The zero-order valence-corrected chi connectivity index (χ0v) is 8.87. The molecule has 1 aliphatic rings. The van der Waals surface area contributed by atoms with Crippen LogP contribution in [0.3, 0.4) is 0 Å². The highest BCUT2D eigenvalue weighted by Crippen LogP contribution is 2.24. The first kappa shape index (κ1) is 10.9. The van der Waals surface area contributed by atoms with Crippen molar-refractivity contribution >= 4 is 0 Å². The van der Waals surface area contributed by atoms with E-state index in [0.717, 1.165) is 6.54 Å². The number of nitrogens with zero attached hydrogens (tertiary/aromatic N) is 1. The van der Waals surface area contributed by atoms with Gasteiger partial charge in [0.05, 0.1) is 12.7 Å². The summed E-state index contributed by atoms with van der Waals surface area (Å²) in [6, 6.07) is 0. The number of hydrogen-bond donors (Lipinski definition) is 0. The van der Waals surface area contributed by atoms with Crippen LogP contribution < -0.4 is 0 Å². The summed E-state index contributed by atoms with van der Waals surface area (Å²) < 4.78 is 16.4. The second-order valence-electron chi connectivity index (χ2n) is 3.61. The Morgan fingerprint density at radius 3 is 2.77 bits per heavy atom. The van der Waals surface area contributed by atoms with Gasteiger partial charge in [0.15, 0.2) is 0 Å². The molecule has 1 aliphatic heterocycles. The molecule has 0 spiro atoms. The van der Waals surface area contributed by atoms with Gasteiger partial charge in [-0.2, -0.15) is 0 Å². The quantitative estimate of drug-likeness (QED) is 0.650. The van der Waals surface area contributed by atoms with Gasteiger partial charge >= 0.3 is 0 Å². The number of ether oxygens (including phenoxy) is 3. The maximum atomic E-state index is 5.61. The fraction of sp³-hybridized carbons (Fsp3) is 1.00. The second kappa shape index (κ2) is 4.37. The fourth-order valence-electron chi connectivity index (χ4n) is 1.45. The van der Waals surface area contributed by atoms with Gasteiger partial charge in [0, 0.05) is 20.1 Å². The van der Waals surface area contributed by atoms with Crippen molar-refractivity contribution in [2.24, 2.45) is 0 Å². The predicted octanol–water partition coefficient (Wildman–Crippen LogP) is 0.674. The molecule has 0 bridgehead atoms. The topological polar surface area (TPSA) is 30.9 Å². The van der Waals surface area contributed by atoms with Gasteiger partial charge in [-0.05, 0) is 21.0 Å². The van der Waals surface area contributed by atoms with Crippen LogP contribution in [0.4, 0.5) is 0 Å². The Bertz CT molecular complexity index is 163. The minimum Gasteiger partial charge on any atom is -0.328 e. The molecule has 0 saturated carbocycles. The Balaban J connectivity index is 2.34. The van der Waals surface area contributed by atoms with Gasteiger partial charge in [-0.1, -0.05) is 0 Å². The van der Waals surface area contributed by atoms with Crippen molar-refractivity contribution in [2.75, 3.05) is 33.9 Å². The summed E-state index contributed by atoms with van der Waals surface area (Å²) in [5, 5.41) is 0. The summed E-state index contributed by atoms with van der Waals surface area (Å²) in [6.07, 6.45) is 0.117. The second-order valence-corrected chi connectivity index (χ2v) is 3.61. The molecule has 4 heteroatoms. The lowest BCUT2D eigenvalue weighted by molar-refractivity contribution is -0.323. The molecule has 0 aromatic carbocycles. The van der Waals surface area contributed by atoms with E-state index >= 15 is 0 Å². The lowest BCUT2D eigenvalue weighted by atomic mass is 10.4. The lowest BCUT2D eigenvalue weighted by Crippen LogP contribution is -2.33. The summed E-state index contributed by atoms with van der Waals surface area (Å²) >= 11 is 0. The van der Waals surface area contributed by atoms with Crippen molar-refractivity contribution in [3.63, 3.8) is 0 Å². The predicted molar refractivity (Wildman–Crippen MR) is 49.4 cm³/mol. The molecular weight excluding hydrogens is 170 g/mol. The van der Waals surface area contributed by atoms with E-state index < -0.39 is 5.97 Å². The van der Waals surface area contributed by atoms with Crippen LogP contribution in [-0.4, -0.2) is 50.8 Å². The third kappa shape index (κ3) is 3.23. The molecule has 1 fully saturated rings. The van der Waals surface area contributed by atoms with Gasteiger partial charge in [0.25, 0.3) is 5.97 Å². The number of hydrogen-bond acceptors (Lipinski definition) is 4. The van der Waals surface area contributed by atoms with E-state index in [1.165, 1.54) is 0 Å². The van der Waals surface area contributed by atoms with Crippen LogP contribution >= 0.6 is 0 Å². The van der Waals surface area contributed by atoms with E-state index in [-0.39, 0.29) is 6.10 Å². The maximum absolute atomic E-state index is 5.61. The zero-order valence-electron chi connectivity index (χ0n) is 8.87. The first-order valence-electron chi connectivity index (χ1n) is 4.66. The summed E-state index contributed by atoms with van der Waals surface area (Å²) in [4.78, 5) is 2.08. The molecule has 4 nitrogen and oxygen atoms in total. The molecule has 0 N–H and O–H groups in total. The van der Waals surface area contributed by atoms with Crippen molar-refractivity contribution < 1.29 is 14.2 Å². The van der Waals surface area contributed by atoms with Gasteiger partial charge in [0.2, 0.25) is 0 Å².